The highest BCUT2D eigenvalue weighted by molar-refractivity contribution is 5.98. The first-order chi connectivity index (χ1) is 12.7. The molecule has 2 N–H and O–H groups in total. The van der Waals surface area contributed by atoms with Crippen molar-refractivity contribution in [1.82, 2.24) is 24.7 Å². The number of rotatable bonds is 6. The molecule has 0 aliphatic carbocycles. The van der Waals surface area contributed by atoms with Gasteiger partial charge in [0.15, 0.2) is 0 Å². The quantitative estimate of drug-likeness (QED) is 0.707. The molecule has 4 heterocycles. The molecule has 8 nitrogen and oxygen atoms in total. The third-order valence-electron chi connectivity index (χ3n) is 4.49. The van der Waals surface area contributed by atoms with E-state index >= 15 is 0 Å². The van der Waals surface area contributed by atoms with Crippen LogP contribution in [0, 0.1) is 0 Å². The van der Waals surface area contributed by atoms with Crippen molar-refractivity contribution in [3.05, 3.63) is 29.7 Å². The summed E-state index contributed by atoms with van der Waals surface area (Å²) in [6.07, 6.45) is 6.86. The average Bonchev–Trinajstić information content (AvgIpc) is 3.27. The third-order valence-corrected chi connectivity index (χ3v) is 4.49. The fourth-order valence-electron chi connectivity index (χ4n) is 3.32. The maximum Gasteiger partial charge on any atom is 0.228 e. The van der Waals surface area contributed by atoms with Crippen molar-refractivity contribution in [2.75, 3.05) is 26.1 Å². The minimum Gasteiger partial charge on any atom is -0.480 e. The Morgan fingerprint density at radius 1 is 1.35 bits per heavy atom. The maximum atomic E-state index is 5.57. The molecule has 0 spiro atoms. The van der Waals surface area contributed by atoms with Crippen LogP contribution in [0.15, 0.2) is 18.5 Å². The van der Waals surface area contributed by atoms with E-state index < -0.39 is 0 Å². The average molecular weight is 354 g/mol. The van der Waals surface area contributed by atoms with Crippen LogP contribution in [0.4, 0.5) is 5.95 Å². The fourth-order valence-corrected chi connectivity index (χ4v) is 3.32. The molecule has 26 heavy (non-hydrogen) atoms. The lowest BCUT2D eigenvalue weighted by atomic mass is 10.00. The molecule has 1 aliphatic heterocycles. The molecule has 136 valence electrons. The first-order valence-electron chi connectivity index (χ1n) is 8.61. The second kappa shape index (κ2) is 6.80. The Morgan fingerprint density at radius 3 is 3.04 bits per heavy atom. The van der Waals surface area contributed by atoms with Crippen molar-refractivity contribution < 1.29 is 9.47 Å². The summed E-state index contributed by atoms with van der Waals surface area (Å²) < 4.78 is 12.7. The number of aromatic nitrogens is 5. The molecule has 4 rings (SSSR count). The normalized spacial score (nSPS) is 14.8. The first-order valence-corrected chi connectivity index (χ1v) is 8.61. The van der Waals surface area contributed by atoms with Crippen LogP contribution in [0.3, 0.4) is 0 Å². The molecule has 8 heteroatoms. The summed E-state index contributed by atoms with van der Waals surface area (Å²) in [5, 5.41) is 8.45. The van der Waals surface area contributed by atoms with Gasteiger partial charge in [-0.3, -0.25) is 4.68 Å². The minimum absolute atomic E-state index is 0.0953. The zero-order valence-electron chi connectivity index (χ0n) is 15.1. The Labute approximate surface area is 151 Å². The van der Waals surface area contributed by atoms with Gasteiger partial charge < -0.3 is 19.8 Å². The van der Waals surface area contributed by atoms with E-state index in [1.54, 1.807) is 14.2 Å². The van der Waals surface area contributed by atoms with Crippen LogP contribution in [0.5, 0.6) is 5.88 Å². The lowest BCUT2D eigenvalue weighted by Crippen LogP contribution is -2.22. The van der Waals surface area contributed by atoms with E-state index in [2.05, 4.69) is 31.4 Å². The molecular formula is C18H22N6O2. The number of aromatic amines is 1. The Morgan fingerprint density at radius 2 is 2.23 bits per heavy atom. The molecule has 0 saturated heterocycles. The molecule has 0 unspecified atom stereocenters. The molecular weight excluding hydrogens is 332 g/mol. The van der Waals surface area contributed by atoms with Crippen molar-refractivity contribution in [2.24, 2.45) is 0 Å². The number of nitrogens with one attached hydrogen (secondary N) is 2. The number of anilines is 1. The smallest absolute Gasteiger partial charge is 0.228 e. The predicted octanol–water partition coefficient (Wildman–Crippen LogP) is 2.55. The van der Waals surface area contributed by atoms with E-state index in [1.807, 2.05) is 30.1 Å². The third kappa shape index (κ3) is 2.92. The second-order valence-corrected chi connectivity index (χ2v) is 6.38. The van der Waals surface area contributed by atoms with Gasteiger partial charge >= 0.3 is 0 Å². The molecule has 3 aromatic heterocycles. The van der Waals surface area contributed by atoms with Crippen molar-refractivity contribution in [2.45, 2.75) is 25.9 Å². The predicted molar refractivity (Wildman–Crippen MR) is 100 cm³/mol. The number of aryl methyl sites for hydroxylation is 1. The second-order valence-electron chi connectivity index (χ2n) is 6.38. The largest absolute Gasteiger partial charge is 0.480 e. The first kappa shape index (κ1) is 16.6. The Bertz CT molecular complexity index is 958. The number of ether oxygens (including phenoxy) is 2. The molecule has 0 aromatic carbocycles. The highest BCUT2D eigenvalue weighted by Gasteiger charge is 2.20. The van der Waals surface area contributed by atoms with Gasteiger partial charge in [0.05, 0.1) is 24.8 Å². The van der Waals surface area contributed by atoms with Gasteiger partial charge in [-0.25, -0.2) is 0 Å². The lowest BCUT2D eigenvalue weighted by Gasteiger charge is -2.16. The van der Waals surface area contributed by atoms with E-state index in [-0.39, 0.29) is 6.04 Å². The molecule has 0 radical (unpaired) electrons. The van der Waals surface area contributed by atoms with Gasteiger partial charge in [-0.15, -0.1) is 0 Å². The Balaban J connectivity index is 1.74. The molecule has 0 saturated carbocycles. The van der Waals surface area contributed by atoms with Gasteiger partial charge in [0.25, 0.3) is 0 Å². The van der Waals surface area contributed by atoms with E-state index in [1.165, 1.54) is 5.57 Å². The van der Waals surface area contributed by atoms with Gasteiger partial charge in [0.2, 0.25) is 11.8 Å². The highest BCUT2D eigenvalue weighted by atomic mass is 16.5. The zero-order valence-corrected chi connectivity index (χ0v) is 15.1. The van der Waals surface area contributed by atoms with Gasteiger partial charge in [-0.05, 0) is 31.1 Å². The molecule has 0 bridgehead atoms. The molecule has 0 fully saturated rings. The van der Waals surface area contributed by atoms with Crippen molar-refractivity contribution in [3.8, 4) is 5.88 Å². The number of allylic oxidation sites excluding steroid dienone is 1. The standard InChI is InChI=1S/C18H22N6O2/c1-11(10-25-2)21-18-22-16-15(17(23-18)26-3)14(9-19-16)12-5-7-24-13(8-12)4-6-20-24/h4,6,8-9,11H,5,7,10H2,1-3H3,(H2,19,21,22,23)/t11-/m1/s1. The lowest BCUT2D eigenvalue weighted by molar-refractivity contribution is 0.190. The van der Waals surface area contributed by atoms with E-state index in [0.717, 1.165) is 35.3 Å². The van der Waals surface area contributed by atoms with Crippen LogP contribution in [0.25, 0.3) is 22.7 Å². The number of hydrogen-bond donors (Lipinski definition) is 2. The van der Waals surface area contributed by atoms with Crippen LogP contribution >= 0.6 is 0 Å². The van der Waals surface area contributed by atoms with Crippen LogP contribution in [0.1, 0.15) is 24.6 Å². The highest BCUT2D eigenvalue weighted by Crippen LogP contribution is 2.35. The SMILES string of the molecule is COC[C@@H](C)Nc1nc(OC)c2c(C3=Cc4ccnn4CC3)c[nH]c2n1. The zero-order chi connectivity index (χ0) is 18.1. The summed E-state index contributed by atoms with van der Waals surface area (Å²) >= 11 is 0. The summed E-state index contributed by atoms with van der Waals surface area (Å²) in [7, 11) is 3.30. The molecule has 0 amide bonds. The van der Waals surface area contributed by atoms with E-state index in [9.17, 15) is 0 Å². The summed E-state index contributed by atoms with van der Waals surface area (Å²) in [6, 6.07) is 2.11. The maximum absolute atomic E-state index is 5.57. The summed E-state index contributed by atoms with van der Waals surface area (Å²) in [5.41, 5.74) is 4.14. The van der Waals surface area contributed by atoms with E-state index in [4.69, 9.17) is 9.47 Å². The Kier molecular flexibility index (Phi) is 4.34. The van der Waals surface area contributed by atoms with Gasteiger partial charge in [-0.1, -0.05) is 0 Å². The van der Waals surface area contributed by atoms with Crippen LogP contribution in [0.2, 0.25) is 0 Å². The van der Waals surface area contributed by atoms with Gasteiger partial charge in [-0.2, -0.15) is 15.1 Å². The topological polar surface area (TPSA) is 89.9 Å². The molecule has 1 aliphatic rings. The van der Waals surface area contributed by atoms with Crippen molar-refractivity contribution in [1.29, 1.82) is 0 Å². The van der Waals surface area contributed by atoms with Crippen LogP contribution < -0.4 is 10.1 Å². The number of nitrogens with zero attached hydrogens (tertiary/aromatic N) is 4. The summed E-state index contributed by atoms with van der Waals surface area (Å²) in [4.78, 5) is 12.4. The monoisotopic (exact) mass is 354 g/mol. The minimum atomic E-state index is 0.0953. The molecule has 1 atom stereocenters. The van der Waals surface area contributed by atoms with Crippen LogP contribution in [-0.4, -0.2) is 51.6 Å². The number of H-pyrrole nitrogens is 1. The summed E-state index contributed by atoms with van der Waals surface area (Å²) in [6.45, 7) is 3.44. The van der Waals surface area contributed by atoms with E-state index in [0.29, 0.717) is 18.4 Å². The fraction of sp³-hybridized carbons (Fsp3) is 0.389. The van der Waals surface area contributed by atoms with Gasteiger partial charge in [0.1, 0.15) is 5.65 Å². The van der Waals surface area contributed by atoms with Crippen molar-refractivity contribution in [3.63, 3.8) is 0 Å². The molecule has 3 aromatic rings. The number of fused-ring (bicyclic) bond motifs is 2. The Hall–Kier alpha value is -2.87. The summed E-state index contributed by atoms with van der Waals surface area (Å²) in [5.74, 6) is 1.07. The van der Waals surface area contributed by atoms with Crippen LogP contribution in [-0.2, 0) is 11.3 Å². The van der Waals surface area contributed by atoms with Crippen molar-refractivity contribution >= 4 is 28.6 Å². The number of hydrogen-bond acceptors (Lipinski definition) is 6. The van der Waals surface area contributed by atoms with Gasteiger partial charge in [0, 0.05) is 37.7 Å². The number of methoxy groups -OCH3 is 2.